The highest BCUT2D eigenvalue weighted by Crippen LogP contribution is 2.14. The van der Waals surface area contributed by atoms with Crippen molar-refractivity contribution in [2.24, 2.45) is 4.99 Å². The Bertz CT molecular complexity index is 340. The van der Waals surface area contributed by atoms with E-state index in [1.807, 2.05) is 31.7 Å². The van der Waals surface area contributed by atoms with Gasteiger partial charge in [-0.25, -0.2) is 4.98 Å². The van der Waals surface area contributed by atoms with Gasteiger partial charge in [-0.15, -0.1) is 11.3 Å². The van der Waals surface area contributed by atoms with Crippen molar-refractivity contribution < 1.29 is 0 Å². The fourth-order valence-corrected chi connectivity index (χ4v) is 2.02. The summed E-state index contributed by atoms with van der Waals surface area (Å²) in [6.07, 6.45) is 7.68. The lowest BCUT2D eigenvalue weighted by atomic mass is 10.4. The normalized spacial score (nSPS) is 15.3. The molecule has 0 atom stereocenters. The van der Waals surface area contributed by atoms with E-state index in [1.54, 1.807) is 11.3 Å². The Hall–Kier alpha value is -1.16. The van der Waals surface area contributed by atoms with Crippen LogP contribution in [0.1, 0.15) is 9.88 Å². The van der Waals surface area contributed by atoms with E-state index >= 15 is 0 Å². The molecule has 2 rings (SSSR count). The van der Waals surface area contributed by atoms with Gasteiger partial charge in [-0.1, -0.05) is 0 Å². The van der Waals surface area contributed by atoms with E-state index in [9.17, 15) is 0 Å². The molecule has 0 saturated carbocycles. The molecule has 1 aliphatic rings. The summed E-state index contributed by atoms with van der Waals surface area (Å²) >= 11 is 1.75. The monoisotopic (exact) mass is 193 g/mol. The van der Waals surface area contributed by atoms with Gasteiger partial charge < -0.3 is 4.90 Å². The number of aryl methyl sites for hydroxylation is 1. The first kappa shape index (κ1) is 8.44. The van der Waals surface area contributed by atoms with E-state index in [2.05, 4.69) is 14.9 Å². The predicted molar refractivity (Wildman–Crippen MR) is 54.9 cm³/mol. The van der Waals surface area contributed by atoms with Crippen molar-refractivity contribution in [3.63, 3.8) is 0 Å². The molecule has 0 fully saturated rings. The van der Waals surface area contributed by atoms with Crippen LogP contribution in [0.25, 0.3) is 0 Å². The van der Waals surface area contributed by atoms with E-state index in [4.69, 9.17) is 0 Å². The van der Waals surface area contributed by atoms with Gasteiger partial charge in [0.1, 0.15) is 0 Å². The number of aromatic nitrogens is 1. The van der Waals surface area contributed by atoms with Crippen molar-refractivity contribution in [2.75, 3.05) is 6.54 Å². The first-order chi connectivity index (χ1) is 6.34. The smallest absolute Gasteiger partial charge is 0.0897 e. The number of nitrogens with zero attached hydrogens (tertiary/aromatic N) is 3. The van der Waals surface area contributed by atoms with Crippen LogP contribution < -0.4 is 0 Å². The summed E-state index contributed by atoms with van der Waals surface area (Å²) in [5.74, 6) is 0. The number of aliphatic imine (C=N–C) groups is 1. The van der Waals surface area contributed by atoms with Crippen molar-refractivity contribution in [3.8, 4) is 0 Å². The third-order valence-electron chi connectivity index (χ3n) is 1.81. The van der Waals surface area contributed by atoms with Gasteiger partial charge in [-0.3, -0.25) is 4.99 Å². The second-order valence-electron chi connectivity index (χ2n) is 2.90. The molecule has 0 bridgehead atoms. The fourth-order valence-electron chi connectivity index (χ4n) is 1.20. The zero-order valence-corrected chi connectivity index (χ0v) is 8.29. The highest BCUT2D eigenvalue weighted by molar-refractivity contribution is 7.11. The van der Waals surface area contributed by atoms with Gasteiger partial charge in [0.2, 0.25) is 0 Å². The molecule has 0 spiro atoms. The molecule has 0 unspecified atom stereocenters. The topological polar surface area (TPSA) is 28.5 Å². The molecule has 2 heterocycles. The lowest BCUT2D eigenvalue weighted by Gasteiger charge is -2.18. The van der Waals surface area contributed by atoms with Crippen LogP contribution in [0.5, 0.6) is 0 Å². The maximum Gasteiger partial charge on any atom is 0.0897 e. The Kier molecular flexibility index (Phi) is 2.40. The Morgan fingerprint density at radius 2 is 2.54 bits per heavy atom. The number of hydrogen-bond acceptors (Lipinski definition) is 4. The molecular weight excluding hydrogens is 182 g/mol. The first-order valence-corrected chi connectivity index (χ1v) is 5.00. The summed E-state index contributed by atoms with van der Waals surface area (Å²) in [5, 5.41) is 1.13. The van der Waals surface area contributed by atoms with Gasteiger partial charge in [-0.2, -0.15) is 0 Å². The van der Waals surface area contributed by atoms with Crippen LogP contribution in [0.2, 0.25) is 0 Å². The summed E-state index contributed by atoms with van der Waals surface area (Å²) in [6, 6.07) is 0. The minimum Gasteiger partial charge on any atom is -0.366 e. The second-order valence-corrected chi connectivity index (χ2v) is 4.22. The number of thiazole rings is 1. The van der Waals surface area contributed by atoms with Crippen LogP contribution in [0, 0.1) is 6.92 Å². The maximum atomic E-state index is 4.22. The van der Waals surface area contributed by atoms with Crippen LogP contribution in [0.4, 0.5) is 0 Å². The summed E-state index contributed by atoms with van der Waals surface area (Å²) < 4.78 is 0. The molecule has 68 valence electrons. The van der Waals surface area contributed by atoms with Crippen molar-refractivity contribution in [3.05, 3.63) is 28.5 Å². The molecule has 0 aromatic carbocycles. The molecule has 0 aliphatic carbocycles. The van der Waals surface area contributed by atoms with E-state index in [0.717, 1.165) is 18.1 Å². The van der Waals surface area contributed by atoms with Crippen LogP contribution in [-0.2, 0) is 6.54 Å². The molecule has 0 N–H and O–H groups in total. The third-order valence-corrected chi connectivity index (χ3v) is 2.71. The minimum absolute atomic E-state index is 0.896. The third kappa shape index (κ3) is 2.15. The van der Waals surface area contributed by atoms with E-state index in [-0.39, 0.29) is 0 Å². The number of hydrogen-bond donors (Lipinski definition) is 0. The van der Waals surface area contributed by atoms with Crippen molar-refractivity contribution in [1.29, 1.82) is 0 Å². The zero-order chi connectivity index (χ0) is 9.10. The Labute approximate surface area is 81.4 Å². The summed E-state index contributed by atoms with van der Waals surface area (Å²) in [7, 11) is 0. The average Bonchev–Trinajstić information content (AvgIpc) is 2.53. The van der Waals surface area contributed by atoms with Gasteiger partial charge in [-0.05, 0) is 6.92 Å². The van der Waals surface area contributed by atoms with Crippen LogP contribution in [0.3, 0.4) is 0 Å². The maximum absolute atomic E-state index is 4.22. The molecule has 1 aliphatic heterocycles. The van der Waals surface area contributed by atoms with Crippen LogP contribution in [0.15, 0.2) is 23.6 Å². The SMILES string of the molecule is Cc1ncc(CN2C=CN=CC2)s1. The highest BCUT2D eigenvalue weighted by atomic mass is 32.1. The molecule has 13 heavy (non-hydrogen) atoms. The lowest BCUT2D eigenvalue weighted by Crippen LogP contribution is -2.20. The zero-order valence-electron chi connectivity index (χ0n) is 7.47. The Balaban J connectivity index is 1.98. The average molecular weight is 193 g/mol. The second kappa shape index (κ2) is 3.70. The molecule has 0 amide bonds. The summed E-state index contributed by atoms with van der Waals surface area (Å²) in [6.45, 7) is 3.86. The molecule has 4 heteroatoms. The molecule has 1 aromatic rings. The highest BCUT2D eigenvalue weighted by Gasteiger charge is 2.04. The van der Waals surface area contributed by atoms with Gasteiger partial charge in [0.25, 0.3) is 0 Å². The van der Waals surface area contributed by atoms with E-state index in [0.29, 0.717) is 0 Å². The van der Waals surface area contributed by atoms with Gasteiger partial charge in [0.05, 0.1) is 18.1 Å². The van der Waals surface area contributed by atoms with E-state index < -0.39 is 0 Å². The number of rotatable bonds is 2. The largest absolute Gasteiger partial charge is 0.366 e. The van der Waals surface area contributed by atoms with Crippen LogP contribution >= 0.6 is 11.3 Å². The summed E-state index contributed by atoms with van der Waals surface area (Å²) in [4.78, 5) is 11.7. The molecule has 1 aromatic heterocycles. The Morgan fingerprint density at radius 3 is 3.15 bits per heavy atom. The van der Waals surface area contributed by atoms with Gasteiger partial charge >= 0.3 is 0 Å². The van der Waals surface area contributed by atoms with Crippen LogP contribution in [-0.4, -0.2) is 22.6 Å². The predicted octanol–water partition coefficient (Wildman–Crippen LogP) is 1.81. The first-order valence-electron chi connectivity index (χ1n) is 4.18. The van der Waals surface area contributed by atoms with Gasteiger partial charge in [0, 0.05) is 29.7 Å². The van der Waals surface area contributed by atoms with Gasteiger partial charge in [0.15, 0.2) is 0 Å². The summed E-state index contributed by atoms with van der Waals surface area (Å²) in [5.41, 5.74) is 0. The molecular formula is C9H11N3S. The lowest BCUT2D eigenvalue weighted by molar-refractivity contribution is 0.422. The van der Waals surface area contributed by atoms with Crippen molar-refractivity contribution in [2.45, 2.75) is 13.5 Å². The standard InChI is InChI=1S/C9H11N3S/c1-8-11-6-9(13-8)7-12-4-2-10-3-5-12/h2-4,6H,5,7H2,1H3. The molecule has 0 saturated heterocycles. The molecule has 0 radical (unpaired) electrons. The quantitative estimate of drug-likeness (QED) is 0.716. The van der Waals surface area contributed by atoms with Crippen molar-refractivity contribution in [1.82, 2.24) is 9.88 Å². The minimum atomic E-state index is 0.896. The van der Waals surface area contributed by atoms with E-state index in [1.165, 1.54) is 4.88 Å². The fraction of sp³-hybridized carbons (Fsp3) is 0.333. The molecule has 3 nitrogen and oxygen atoms in total. The Morgan fingerprint density at radius 1 is 1.62 bits per heavy atom. The van der Waals surface area contributed by atoms with Crippen molar-refractivity contribution >= 4 is 17.6 Å².